The van der Waals surface area contributed by atoms with Gasteiger partial charge in [-0.2, -0.15) is 0 Å². The van der Waals surface area contributed by atoms with Crippen LogP contribution < -0.4 is 0 Å². The number of ether oxygens (including phenoxy) is 1. The van der Waals surface area contributed by atoms with Gasteiger partial charge in [-0.3, -0.25) is 0 Å². The van der Waals surface area contributed by atoms with Gasteiger partial charge in [-0.05, 0) is 0 Å². The average molecular weight is 180 g/mol. The minimum absolute atomic E-state index is 0.526. The molecule has 1 saturated heterocycles. The van der Waals surface area contributed by atoms with E-state index in [1.54, 1.807) is 0 Å². The predicted octanol–water partition coefficient (Wildman–Crippen LogP) is -3.22. The second-order valence-electron chi connectivity index (χ2n) is 2.72. The third-order valence-electron chi connectivity index (χ3n) is 1.87. The lowest BCUT2D eigenvalue weighted by atomic mass is 10.00. The molecular weight excluding hydrogens is 168 g/mol. The maximum Gasteiger partial charge on any atom is 0.184 e. The molecule has 0 aliphatic carbocycles. The van der Waals surface area contributed by atoms with Gasteiger partial charge in [0.15, 0.2) is 6.29 Å². The highest BCUT2D eigenvalue weighted by molar-refractivity contribution is 4.87. The van der Waals surface area contributed by atoms with Crippen LogP contribution in [0.3, 0.4) is 0 Å². The van der Waals surface area contributed by atoms with Crippen LogP contribution in [0.2, 0.25) is 0 Å². The highest BCUT2D eigenvalue weighted by Crippen LogP contribution is 2.18. The maximum absolute atomic E-state index is 9.12. The second-order valence-corrected chi connectivity index (χ2v) is 2.72. The summed E-state index contributed by atoms with van der Waals surface area (Å²) in [6, 6.07) is 0. The van der Waals surface area contributed by atoms with E-state index in [-0.39, 0.29) is 0 Å². The Kier molecular flexibility index (Phi) is 2.99. The van der Waals surface area contributed by atoms with E-state index in [9.17, 15) is 0 Å². The topological polar surface area (TPSA) is 110 Å². The van der Waals surface area contributed by atoms with Crippen LogP contribution in [0.15, 0.2) is 0 Å². The summed E-state index contributed by atoms with van der Waals surface area (Å²) >= 11 is 0. The Morgan fingerprint density at radius 2 is 1.50 bits per heavy atom. The minimum atomic E-state index is -1.57. The molecule has 0 amide bonds. The molecule has 1 fully saturated rings. The van der Waals surface area contributed by atoms with Crippen molar-refractivity contribution in [3.05, 3.63) is 0 Å². The average Bonchev–Trinajstić information content (AvgIpc) is 2.08. The largest absolute Gasteiger partial charge is 0.394 e. The van der Waals surface area contributed by atoms with Gasteiger partial charge in [0.1, 0.15) is 24.4 Å². The summed E-state index contributed by atoms with van der Waals surface area (Å²) in [5, 5.41) is 44.7. The lowest BCUT2D eigenvalue weighted by Crippen LogP contribution is -2.58. The van der Waals surface area contributed by atoms with Crippen LogP contribution in [0.25, 0.3) is 0 Å². The van der Waals surface area contributed by atoms with Crippen molar-refractivity contribution in [2.75, 3.05) is 6.61 Å². The van der Waals surface area contributed by atoms with Crippen molar-refractivity contribution in [3.63, 3.8) is 0 Å². The molecule has 0 aromatic carbocycles. The van der Waals surface area contributed by atoms with Crippen LogP contribution in [0, 0.1) is 0 Å². The summed E-state index contributed by atoms with van der Waals surface area (Å²) in [5.41, 5.74) is 0. The molecule has 0 aromatic heterocycles. The Hall–Kier alpha value is -0.240. The highest BCUT2D eigenvalue weighted by Gasteiger charge is 2.42. The Bertz CT molecular complexity index is 146. The third-order valence-corrected chi connectivity index (χ3v) is 1.87. The standard InChI is InChI=1S/C6H12O6/c7-1-2-3(8)4(9)5(10)6(11)12-2/h2-11H,1H2/t2?,3-,4+,5?,6-/m0/s1. The molecule has 5 N–H and O–H groups in total. The Balaban J connectivity index is 2.63. The molecule has 0 bridgehead atoms. The normalized spacial score (nSPS) is 49.2. The molecular formula is C6H12O6. The zero-order valence-electron chi connectivity index (χ0n) is 6.24. The van der Waals surface area contributed by atoms with E-state index >= 15 is 0 Å². The van der Waals surface area contributed by atoms with Gasteiger partial charge >= 0.3 is 0 Å². The third kappa shape index (κ3) is 1.58. The van der Waals surface area contributed by atoms with Crippen molar-refractivity contribution >= 4 is 0 Å². The lowest BCUT2D eigenvalue weighted by molar-refractivity contribution is -0.286. The Morgan fingerprint density at radius 3 is 2.00 bits per heavy atom. The molecule has 1 aliphatic heterocycles. The lowest BCUT2D eigenvalue weighted by Gasteiger charge is -2.37. The first-order chi connectivity index (χ1) is 5.57. The molecule has 6 heteroatoms. The zero-order chi connectivity index (χ0) is 9.30. The van der Waals surface area contributed by atoms with Gasteiger partial charge in [0.2, 0.25) is 0 Å². The number of aliphatic hydroxyl groups excluding tert-OH is 5. The molecule has 1 rings (SSSR count). The number of aliphatic hydroxyl groups is 5. The van der Waals surface area contributed by atoms with E-state index in [1.807, 2.05) is 0 Å². The van der Waals surface area contributed by atoms with E-state index in [1.165, 1.54) is 0 Å². The molecule has 6 nitrogen and oxygen atoms in total. The van der Waals surface area contributed by atoms with Gasteiger partial charge in [0, 0.05) is 0 Å². The summed E-state index contributed by atoms with van der Waals surface area (Å²) < 4.78 is 4.58. The minimum Gasteiger partial charge on any atom is -0.394 e. The van der Waals surface area contributed by atoms with Gasteiger partial charge in [-0.1, -0.05) is 0 Å². The van der Waals surface area contributed by atoms with Crippen LogP contribution in [-0.4, -0.2) is 62.8 Å². The van der Waals surface area contributed by atoms with E-state index in [2.05, 4.69) is 4.74 Å². The number of rotatable bonds is 1. The van der Waals surface area contributed by atoms with Gasteiger partial charge in [0.25, 0.3) is 0 Å². The van der Waals surface area contributed by atoms with Crippen molar-refractivity contribution in [1.82, 2.24) is 0 Å². The Morgan fingerprint density at radius 1 is 0.917 bits per heavy atom. The smallest absolute Gasteiger partial charge is 0.184 e. The molecule has 0 radical (unpaired) electrons. The van der Waals surface area contributed by atoms with Gasteiger partial charge in [-0.25, -0.2) is 0 Å². The monoisotopic (exact) mass is 180 g/mol. The molecule has 0 aromatic rings. The molecule has 0 saturated carbocycles. The number of hydrogen-bond acceptors (Lipinski definition) is 6. The molecule has 1 aliphatic rings. The summed E-state index contributed by atoms with van der Waals surface area (Å²) in [7, 11) is 0. The highest BCUT2D eigenvalue weighted by atomic mass is 16.6. The van der Waals surface area contributed by atoms with Crippen LogP contribution in [0.1, 0.15) is 0 Å². The molecule has 12 heavy (non-hydrogen) atoms. The quantitative estimate of drug-likeness (QED) is 0.290. The van der Waals surface area contributed by atoms with E-state index in [4.69, 9.17) is 25.5 Å². The summed E-state index contributed by atoms with van der Waals surface area (Å²) in [6.07, 6.45) is -7.04. The van der Waals surface area contributed by atoms with Gasteiger partial charge < -0.3 is 30.3 Å². The van der Waals surface area contributed by atoms with Crippen molar-refractivity contribution in [2.24, 2.45) is 0 Å². The summed E-state index contributed by atoms with van der Waals surface area (Å²) in [5.74, 6) is 0. The van der Waals surface area contributed by atoms with Gasteiger partial charge in [-0.15, -0.1) is 0 Å². The molecule has 0 spiro atoms. The van der Waals surface area contributed by atoms with E-state index in [0.717, 1.165) is 0 Å². The summed E-state index contributed by atoms with van der Waals surface area (Å²) in [4.78, 5) is 0. The van der Waals surface area contributed by atoms with Crippen molar-refractivity contribution in [2.45, 2.75) is 30.7 Å². The first-order valence-corrected chi connectivity index (χ1v) is 3.56. The van der Waals surface area contributed by atoms with Crippen LogP contribution in [0.4, 0.5) is 0 Å². The second kappa shape index (κ2) is 3.65. The summed E-state index contributed by atoms with van der Waals surface area (Å²) in [6.45, 7) is -0.526. The van der Waals surface area contributed by atoms with Crippen molar-refractivity contribution in [3.8, 4) is 0 Å². The fourth-order valence-corrected chi connectivity index (χ4v) is 1.08. The molecule has 1 heterocycles. The fraction of sp³-hybridized carbons (Fsp3) is 1.00. The van der Waals surface area contributed by atoms with Crippen LogP contribution in [0.5, 0.6) is 0 Å². The molecule has 5 atom stereocenters. The van der Waals surface area contributed by atoms with E-state index in [0.29, 0.717) is 0 Å². The SMILES string of the molecule is OCC1O[C@H](O)C(O)[C@H](O)[C@H]1O. The van der Waals surface area contributed by atoms with Crippen molar-refractivity contribution < 1.29 is 30.3 Å². The first kappa shape index (κ1) is 9.85. The maximum atomic E-state index is 9.12. The number of hydrogen-bond donors (Lipinski definition) is 5. The van der Waals surface area contributed by atoms with Gasteiger partial charge in [0.05, 0.1) is 6.61 Å². The van der Waals surface area contributed by atoms with E-state index < -0.39 is 37.3 Å². The van der Waals surface area contributed by atoms with Crippen LogP contribution in [-0.2, 0) is 4.74 Å². The van der Waals surface area contributed by atoms with Crippen molar-refractivity contribution in [1.29, 1.82) is 0 Å². The van der Waals surface area contributed by atoms with Crippen LogP contribution >= 0.6 is 0 Å². The Labute approximate surface area is 68.6 Å². The molecule has 2 unspecified atom stereocenters. The first-order valence-electron chi connectivity index (χ1n) is 3.56. The fourth-order valence-electron chi connectivity index (χ4n) is 1.08. The predicted molar refractivity (Wildman–Crippen MR) is 36.0 cm³/mol. The zero-order valence-corrected chi connectivity index (χ0v) is 6.24. The molecule has 72 valence electrons.